The van der Waals surface area contributed by atoms with Crippen LogP contribution in [0.3, 0.4) is 0 Å². The number of hydrogen-bond donors (Lipinski definition) is 2. The highest BCUT2D eigenvalue weighted by Gasteiger charge is 2.34. The zero-order valence-corrected chi connectivity index (χ0v) is 11.1. The number of carbonyl (C=O) groups is 1. The summed E-state index contributed by atoms with van der Waals surface area (Å²) in [7, 11) is 0. The van der Waals surface area contributed by atoms with E-state index in [1.165, 1.54) is 6.39 Å². The summed E-state index contributed by atoms with van der Waals surface area (Å²) in [5.41, 5.74) is 0.161. The molecule has 1 atom stereocenters. The molecule has 0 aromatic carbocycles. The average Bonchev–Trinajstić information content (AvgIpc) is 3.01. The summed E-state index contributed by atoms with van der Waals surface area (Å²) >= 11 is 0. The minimum absolute atomic E-state index is 0.0914. The lowest BCUT2D eigenvalue weighted by Crippen LogP contribution is -2.46. The normalized spacial score (nSPS) is 17.6. The zero-order valence-electron chi connectivity index (χ0n) is 11.1. The van der Waals surface area contributed by atoms with E-state index < -0.39 is 0 Å². The fourth-order valence-corrected chi connectivity index (χ4v) is 1.82. The van der Waals surface area contributed by atoms with Gasteiger partial charge < -0.3 is 14.8 Å². The van der Waals surface area contributed by atoms with Gasteiger partial charge in [0.25, 0.3) is 5.91 Å². The molecule has 100 valence electrons. The molecular weight excluding hydrogens is 232 g/mol. The molecule has 18 heavy (non-hydrogen) atoms. The number of oxazole rings is 1. The minimum Gasteiger partial charge on any atom is -0.447 e. The third kappa shape index (κ3) is 2.72. The summed E-state index contributed by atoms with van der Waals surface area (Å²) in [5, 5.41) is 12.2. The van der Waals surface area contributed by atoms with E-state index in [4.69, 9.17) is 4.42 Å². The first kappa shape index (κ1) is 13.1. The summed E-state index contributed by atoms with van der Waals surface area (Å²) in [5.74, 6) is 0.758. The fourth-order valence-electron chi connectivity index (χ4n) is 1.82. The largest absolute Gasteiger partial charge is 0.447 e. The van der Waals surface area contributed by atoms with Crippen molar-refractivity contribution in [3.63, 3.8) is 0 Å². The number of aliphatic hydroxyl groups is 1. The average molecular weight is 252 g/mol. The molecule has 0 radical (unpaired) electrons. The van der Waals surface area contributed by atoms with Gasteiger partial charge in [-0.25, -0.2) is 4.98 Å². The molecular formula is C13H20N2O3. The first-order valence-electron chi connectivity index (χ1n) is 6.28. The van der Waals surface area contributed by atoms with Gasteiger partial charge in [-0.05, 0) is 18.3 Å². The molecule has 2 N–H and O–H groups in total. The van der Waals surface area contributed by atoms with Crippen LogP contribution in [0.25, 0.3) is 0 Å². The highest BCUT2D eigenvalue weighted by atomic mass is 16.3. The van der Waals surface area contributed by atoms with Crippen LogP contribution < -0.4 is 5.32 Å². The Balaban J connectivity index is 2.09. The molecule has 1 aromatic heterocycles. The van der Waals surface area contributed by atoms with Gasteiger partial charge in [-0.2, -0.15) is 0 Å². The van der Waals surface area contributed by atoms with Crippen molar-refractivity contribution in [1.29, 1.82) is 0 Å². The number of nitrogens with one attached hydrogen (secondary N) is 1. The highest BCUT2D eigenvalue weighted by Crippen LogP contribution is 2.41. The Morgan fingerprint density at radius 2 is 2.28 bits per heavy atom. The number of nitrogens with zero attached hydrogens (tertiary/aromatic N) is 1. The van der Waals surface area contributed by atoms with E-state index in [0.717, 1.165) is 12.8 Å². The molecule has 5 nitrogen and oxygen atoms in total. The Labute approximate surface area is 107 Å². The molecule has 1 saturated carbocycles. The van der Waals surface area contributed by atoms with Gasteiger partial charge >= 0.3 is 0 Å². The molecule has 1 aromatic rings. The number of carbonyl (C=O) groups excluding carboxylic acids is 1. The SMILES string of the molecule is CC(C)(C)[C@@H](CO)NC(=O)c1ncoc1C1CC1. The Hall–Kier alpha value is -1.36. The van der Waals surface area contributed by atoms with Crippen LogP contribution in [0.1, 0.15) is 55.8 Å². The van der Waals surface area contributed by atoms with Gasteiger partial charge in [0.05, 0.1) is 12.6 Å². The lowest BCUT2D eigenvalue weighted by Gasteiger charge is -2.29. The van der Waals surface area contributed by atoms with Crippen molar-refractivity contribution in [2.24, 2.45) is 5.41 Å². The van der Waals surface area contributed by atoms with Gasteiger partial charge in [0.1, 0.15) is 5.76 Å². The molecule has 0 spiro atoms. The molecule has 1 amide bonds. The van der Waals surface area contributed by atoms with E-state index >= 15 is 0 Å². The summed E-state index contributed by atoms with van der Waals surface area (Å²) in [6, 6.07) is -0.297. The number of aromatic nitrogens is 1. The molecule has 2 rings (SSSR count). The van der Waals surface area contributed by atoms with Crippen molar-refractivity contribution in [1.82, 2.24) is 10.3 Å². The van der Waals surface area contributed by atoms with Crippen LogP contribution in [0.4, 0.5) is 0 Å². The second-order valence-electron chi connectivity index (χ2n) is 5.91. The number of aliphatic hydroxyl groups excluding tert-OH is 1. The van der Waals surface area contributed by atoms with Crippen LogP contribution in [0.2, 0.25) is 0 Å². The van der Waals surface area contributed by atoms with Gasteiger partial charge in [0, 0.05) is 5.92 Å². The fraction of sp³-hybridized carbons (Fsp3) is 0.692. The summed E-state index contributed by atoms with van der Waals surface area (Å²) in [6.07, 6.45) is 3.42. The van der Waals surface area contributed by atoms with Crippen LogP contribution >= 0.6 is 0 Å². The molecule has 0 unspecified atom stereocenters. The van der Waals surface area contributed by atoms with Crippen LogP contribution in [-0.4, -0.2) is 28.6 Å². The topological polar surface area (TPSA) is 75.4 Å². The van der Waals surface area contributed by atoms with E-state index in [0.29, 0.717) is 17.4 Å². The molecule has 0 bridgehead atoms. The minimum atomic E-state index is -0.297. The standard InChI is InChI=1S/C13H20N2O3/c1-13(2,3)9(6-16)15-12(17)10-11(8-4-5-8)18-7-14-10/h7-9,16H,4-6H2,1-3H3,(H,15,17)/t9-/m1/s1. The molecule has 0 saturated heterocycles. The summed E-state index contributed by atoms with van der Waals surface area (Å²) in [6.45, 7) is 5.82. The quantitative estimate of drug-likeness (QED) is 0.855. The van der Waals surface area contributed by atoms with Gasteiger partial charge in [-0.3, -0.25) is 4.79 Å². The van der Waals surface area contributed by atoms with Crippen LogP contribution in [0, 0.1) is 5.41 Å². The van der Waals surface area contributed by atoms with E-state index in [9.17, 15) is 9.90 Å². The third-order valence-corrected chi connectivity index (χ3v) is 3.29. The molecule has 1 heterocycles. The first-order valence-corrected chi connectivity index (χ1v) is 6.28. The molecule has 0 aliphatic heterocycles. The van der Waals surface area contributed by atoms with Crippen molar-refractivity contribution in [2.45, 2.75) is 45.6 Å². The Morgan fingerprint density at radius 1 is 1.61 bits per heavy atom. The van der Waals surface area contributed by atoms with Crippen molar-refractivity contribution in [3.05, 3.63) is 17.8 Å². The monoisotopic (exact) mass is 252 g/mol. The zero-order chi connectivity index (χ0) is 13.3. The predicted molar refractivity (Wildman–Crippen MR) is 66.3 cm³/mol. The lowest BCUT2D eigenvalue weighted by molar-refractivity contribution is 0.0841. The molecule has 1 aliphatic rings. The number of hydrogen-bond acceptors (Lipinski definition) is 4. The van der Waals surface area contributed by atoms with Crippen molar-refractivity contribution >= 4 is 5.91 Å². The van der Waals surface area contributed by atoms with Crippen LogP contribution in [-0.2, 0) is 0 Å². The second kappa shape index (κ2) is 4.72. The third-order valence-electron chi connectivity index (χ3n) is 3.29. The molecule has 1 aliphatic carbocycles. The maximum Gasteiger partial charge on any atom is 0.273 e. The second-order valence-corrected chi connectivity index (χ2v) is 5.91. The smallest absolute Gasteiger partial charge is 0.273 e. The molecule has 5 heteroatoms. The first-order chi connectivity index (χ1) is 8.43. The maximum absolute atomic E-state index is 12.1. The lowest BCUT2D eigenvalue weighted by atomic mass is 9.87. The van der Waals surface area contributed by atoms with Crippen molar-refractivity contribution in [2.75, 3.05) is 6.61 Å². The van der Waals surface area contributed by atoms with Crippen LogP contribution in [0.5, 0.6) is 0 Å². The maximum atomic E-state index is 12.1. The molecule has 1 fully saturated rings. The van der Waals surface area contributed by atoms with Crippen molar-refractivity contribution in [3.8, 4) is 0 Å². The summed E-state index contributed by atoms with van der Waals surface area (Å²) in [4.78, 5) is 16.1. The van der Waals surface area contributed by atoms with Crippen molar-refractivity contribution < 1.29 is 14.3 Å². The Bertz CT molecular complexity index is 430. The number of amides is 1. The Kier molecular flexibility index (Phi) is 3.43. The Morgan fingerprint density at radius 3 is 2.78 bits per heavy atom. The van der Waals surface area contributed by atoms with Gasteiger partial charge in [0.15, 0.2) is 12.1 Å². The van der Waals surface area contributed by atoms with Gasteiger partial charge in [-0.1, -0.05) is 20.8 Å². The highest BCUT2D eigenvalue weighted by molar-refractivity contribution is 5.93. The van der Waals surface area contributed by atoms with E-state index in [-0.39, 0.29) is 24.0 Å². The summed E-state index contributed by atoms with van der Waals surface area (Å²) < 4.78 is 5.28. The van der Waals surface area contributed by atoms with E-state index in [1.807, 2.05) is 20.8 Å². The predicted octanol–water partition coefficient (Wildman–Crippen LogP) is 1.69. The van der Waals surface area contributed by atoms with Gasteiger partial charge in [-0.15, -0.1) is 0 Å². The van der Waals surface area contributed by atoms with E-state index in [2.05, 4.69) is 10.3 Å². The van der Waals surface area contributed by atoms with Gasteiger partial charge in [0.2, 0.25) is 0 Å². The van der Waals surface area contributed by atoms with Crippen LogP contribution in [0.15, 0.2) is 10.8 Å². The number of rotatable bonds is 4. The van der Waals surface area contributed by atoms with E-state index in [1.54, 1.807) is 0 Å².